The predicted octanol–water partition coefficient (Wildman–Crippen LogP) is 8.43. The number of hydrogen-bond acceptors (Lipinski definition) is 2. The maximum absolute atomic E-state index is 11.4. The first-order chi connectivity index (χ1) is 16.6. The maximum Gasteiger partial charge on any atom is 0.150 e. The van der Waals surface area contributed by atoms with Crippen molar-refractivity contribution in [3.8, 4) is 11.1 Å². The first-order valence-electron chi connectivity index (χ1n) is 11.6. The largest absolute Gasteiger partial charge is 0.310 e. The Morgan fingerprint density at radius 3 is 2.09 bits per heavy atom. The zero-order valence-electron chi connectivity index (χ0n) is 19.3. The third-order valence-electron chi connectivity index (χ3n) is 7.08. The van der Waals surface area contributed by atoms with Crippen molar-refractivity contribution in [3.63, 3.8) is 0 Å². The van der Waals surface area contributed by atoms with Gasteiger partial charge in [-0.2, -0.15) is 0 Å². The van der Waals surface area contributed by atoms with Crippen LogP contribution in [0.3, 0.4) is 0 Å². The van der Waals surface area contributed by atoms with Crippen molar-refractivity contribution in [2.45, 2.75) is 19.3 Å². The van der Waals surface area contributed by atoms with Gasteiger partial charge in [0.1, 0.15) is 6.29 Å². The fourth-order valence-corrected chi connectivity index (χ4v) is 5.31. The summed E-state index contributed by atoms with van der Waals surface area (Å²) in [5.74, 6) is 0. The predicted molar refractivity (Wildman–Crippen MR) is 142 cm³/mol. The second kappa shape index (κ2) is 7.71. The quantitative estimate of drug-likeness (QED) is 0.262. The van der Waals surface area contributed by atoms with Gasteiger partial charge >= 0.3 is 0 Å². The molecule has 0 aliphatic heterocycles. The average molecular weight is 440 g/mol. The standard InChI is InChI=1S/C32H25NO/c1-32(2)30-17-12-22(21-34)18-29(30)28-16-15-27(20-31(28)32)33(25-10-4-3-5-11-25)26-14-13-23-8-6-7-9-24(23)19-26/h3-21H,1-2H3. The monoisotopic (exact) mass is 439 g/mol. The average Bonchev–Trinajstić information content (AvgIpc) is 3.10. The molecule has 0 radical (unpaired) electrons. The molecule has 5 aromatic carbocycles. The van der Waals surface area contributed by atoms with Crippen LogP contribution in [-0.4, -0.2) is 6.29 Å². The van der Waals surface area contributed by atoms with Gasteiger partial charge in [-0.1, -0.05) is 80.6 Å². The molecule has 0 fully saturated rings. The molecule has 1 aliphatic rings. The maximum atomic E-state index is 11.4. The number of fused-ring (bicyclic) bond motifs is 4. The van der Waals surface area contributed by atoms with Crippen LogP contribution in [0, 0.1) is 0 Å². The minimum atomic E-state index is -0.145. The molecular weight excluding hydrogens is 414 g/mol. The van der Waals surface area contributed by atoms with E-state index >= 15 is 0 Å². The van der Waals surface area contributed by atoms with Crippen molar-refractivity contribution >= 4 is 34.1 Å². The summed E-state index contributed by atoms with van der Waals surface area (Å²) in [6.45, 7) is 4.54. The fraction of sp³-hybridized carbons (Fsp3) is 0.0938. The van der Waals surface area contributed by atoms with Crippen LogP contribution in [0.1, 0.15) is 35.3 Å². The van der Waals surface area contributed by atoms with Crippen LogP contribution in [-0.2, 0) is 5.41 Å². The van der Waals surface area contributed by atoms with Crippen molar-refractivity contribution in [1.29, 1.82) is 0 Å². The lowest BCUT2D eigenvalue weighted by molar-refractivity contribution is 0.112. The van der Waals surface area contributed by atoms with Crippen molar-refractivity contribution in [1.82, 2.24) is 0 Å². The number of hydrogen-bond donors (Lipinski definition) is 0. The van der Waals surface area contributed by atoms with E-state index in [9.17, 15) is 4.79 Å². The Balaban J connectivity index is 1.54. The Morgan fingerprint density at radius 1 is 0.588 bits per heavy atom. The Kier molecular flexibility index (Phi) is 4.63. The summed E-state index contributed by atoms with van der Waals surface area (Å²) in [4.78, 5) is 13.7. The van der Waals surface area contributed by atoms with Gasteiger partial charge in [0, 0.05) is 28.0 Å². The molecule has 5 aromatic rings. The number of aldehydes is 1. The minimum Gasteiger partial charge on any atom is -0.310 e. The lowest BCUT2D eigenvalue weighted by atomic mass is 9.82. The van der Waals surface area contributed by atoms with E-state index in [1.807, 2.05) is 12.1 Å². The van der Waals surface area contributed by atoms with E-state index < -0.39 is 0 Å². The van der Waals surface area contributed by atoms with Crippen LogP contribution in [0.2, 0.25) is 0 Å². The van der Waals surface area contributed by atoms with E-state index in [1.165, 1.54) is 27.5 Å². The van der Waals surface area contributed by atoms with E-state index in [-0.39, 0.29) is 5.41 Å². The third-order valence-corrected chi connectivity index (χ3v) is 7.08. The summed E-state index contributed by atoms with van der Waals surface area (Å²) < 4.78 is 0. The van der Waals surface area contributed by atoms with Crippen LogP contribution in [0.15, 0.2) is 109 Å². The fourth-order valence-electron chi connectivity index (χ4n) is 5.31. The lowest BCUT2D eigenvalue weighted by Gasteiger charge is -2.28. The van der Waals surface area contributed by atoms with E-state index in [4.69, 9.17) is 0 Å². The molecule has 2 nitrogen and oxygen atoms in total. The molecule has 0 spiro atoms. The summed E-state index contributed by atoms with van der Waals surface area (Å²) in [6, 6.07) is 38.4. The number of anilines is 3. The molecule has 0 N–H and O–H groups in total. The molecule has 0 saturated carbocycles. The number of rotatable bonds is 4. The number of carbonyl (C=O) groups is 1. The summed E-state index contributed by atoms with van der Waals surface area (Å²) in [5.41, 5.74) is 8.86. The van der Waals surface area contributed by atoms with Gasteiger partial charge in [0.15, 0.2) is 0 Å². The van der Waals surface area contributed by atoms with Gasteiger partial charge in [0.05, 0.1) is 0 Å². The van der Waals surface area contributed by atoms with E-state index in [2.05, 4.69) is 116 Å². The molecule has 0 saturated heterocycles. The summed E-state index contributed by atoms with van der Waals surface area (Å²) in [5, 5.41) is 2.45. The Hall–Kier alpha value is -4.17. The van der Waals surface area contributed by atoms with Gasteiger partial charge in [-0.3, -0.25) is 4.79 Å². The van der Waals surface area contributed by atoms with Crippen LogP contribution < -0.4 is 4.90 Å². The molecule has 0 amide bonds. The SMILES string of the molecule is CC1(C)c2ccc(C=O)cc2-c2ccc(N(c3ccccc3)c3ccc4ccccc4c3)cc21. The number of para-hydroxylation sites is 1. The topological polar surface area (TPSA) is 20.3 Å². The first kappa shape index (κ1) is 20.4. The first-order valence-corrected chi connectivity index (χ1v) is 11.6. The highest BCUT2D eigenvalue weighted by Gasteiger charge is 2.36. The minimum absolute atomic E-state index is 0.145. The Bertz CT molecular complexity index is 1550. The zero-order chi connectivity index (χ0) is 23.3. The van der Waals surface area contributed by atoms with Gasteiger partial charge in [-0.15, -0.1) is 0 Å². The van der Waals surface area contributed by atoms with Gasteiger partial charge in [-0.25, -0.2) is 0 Å². The highest BCUT2D eigenvalue weighted by molar-refractivity contribution is 5.91. The molecule has 1 aliphatic carbocycles. The molecule has 164 valence electrons. The van der Waals surface area contributed by atoms with E-state index in [0.29, 0.717) is 5.56 Å². The molecule has 0 aromatic heterocycles. The van der Waals surface area contributed by atoms with Crippen LogP contribution in [0.5, 0.6) is 0 Å². The molecule has 34 heavy (non-hydrogen) atoms. The second-order valence-corrected chi connectivity index (χ2v) is 9.48. The highest BCUT2D eigenvalue weighted by atomic mass is 16.1. The van der Waals surface area contributed by atoms with Crippen molar-refractivity contribution in [3.05, 3.63) is 126 Å². The highest BCUT2D eigenvalue weighted by Crippen LogP contribution is 2.50. The molecular formula is C32H25NO. The summed E-state index contributed by atoms with van der Waals surface area (Å²) >= 11 is 0. The van der Waals surface area contributed by atoms with Gasteiger partial charge in [-0.05, 0) is 75.5 Å². The lowest BCUT2D eigenvalue weighted by Crippen LogP contribution is -2.16. The van der Waals surface area contributed by atoms with E-state index in [0.717, 1.165) is 28.9 Å². The van der Waals surface area contributed by atoms with Crippen molar-refractivity contribution in [2.75, 3.05) is 4.90 Å². The van der Waals surface area contributed by atoms with E-state index in [1.54, 1.807) is 0 Å². The zero-order valence-corrected chi connectivity index (χ0v) is 19.3. The van der Waals surface area contributed by atoms with Crippen LogP contribution in [0.25, 0.3) is 21.9 Å². The normalized spacial score (nSPS) is 13.4. The van der Waals surface area contributed by atoms with Gasteiger partial charge in [0.2, 0.25) is 0 Å². The number of nitrogens with zero attached hydrogens (tertiary/aromatic N) is 1. The molecule has 0 unspecified atom stereocenters. The number of benzene rings is 5. The van der Waals surface area contributed by atoms with Crippen LogP contribution in [0.4, 0.5) is 17.1 Å². The third kappa shape index (κ3) is 3.14. The molecule has 0 atom stereocenters. The molecule has 0 heterocycles. The van der Waals surface area contributed by atoms with Crippen molar-refractivity contribution in [2.24, 2.45) is 0 Å². The Morgan fingerprint density at radius 2 is 1.29 bits per heavy atom. The number of carbonyl (C=O) groups excluding carboxylic acids is 1. The summed E-state index contributed by atoms with van der Waals surface area (Å²) in [6.07, 6.45) is 0.927. The smallest absolute Gasteiger partial charge is 0.150 e. The molecule has 6 rings (SSSR count). The van der Waals surface area contributed by atoms with Gasteiger partial charge < -0.3 is 4.90 Å². The van der Waals surface area contributed by atoms with Crippen LogP contribution >= 0.6 is 0 Å². The Labute approximate surface area is 200 Å². The molecule has 2 heteroatoms. The summed E-state index contributed by atoms with van der Waals surface area (Å²) in [7, 11) is 0. The van der Waals surface area contributed by atoms with Crippen molar-refractivity contribution < 1.29 is 4.79 Å². The van der Waals surface area contributed by atoms with Gasteiger partial charge in [0.25, 0.3) is 0 Å². The second-order valence-electron chi connectivity index (χ2n) is 9.48. The molecule has 0 bridgehead atoms.